The number of hydrogen-bond donors (Lipinski definition) is 0. The first-order valence-electron chi connectivity index (χ1n) is 18.5. The lowest BCUT2D eigenvalue weighted by atomic mass is 9.92. The second kappa shape index (κ2) is 14.2. The molecule has 0 spiro atoms. The number of para-hydroxylation sites is 1. The monoisotopic (exact) mass is 719 g/mol. The molecular weight excluding hydrogens is 686 g/mol. The smallest absolute Gasteiger partial charge is 0.161 e. The van der Waals surface area contributed by atoms with Gasteiger partial charge in [-0.1, -0.05) is 182 Å². The molecule has 0 fully saturated rings. The highest BCUT2D eigenvalue weighted by atomic mass is 31.1. The van der Waals surface area contributed by atoms with Gasteiger partial charge in [-0.3, -0.25) is 0 Å². The number of aromatic nitrogens is 3. The first-order chi connectivity index (χ1) is 27.3. The zero-order chi connectivity index (χ0) is 36.6. The molecule has 2 heterocycles. The van der Waals surface area contributed by atoms with Gasteiger partial charge >= 0.3 is 0 Å². The molecule has 0 saturated heterocycles. The molecule has 0 aliphatic carbocycles. The second-order valence-corrected chi connectivity index (χ2v) is 15.8. The molecule has 10 rings (SSSR count). The summed E-state index contributed by atoms with van der Waals surface area (Å²) in [7, 11) is -0.801. The number of hydrogen-bond acceptors (Lipinski definition) is 3. The maximum absolute atomic E-state index is 5.46. The van der Waals surface area contributed by atoms with Crippen LogP contribution in [0.25, 0.3) is 77.6 Å². The quantitative estimate of drug-likeness (QED) is 0.122. The molecule has 0 radical (unpaired) electrons. The van der Waals surface area contributed by atoms with E-state index in [-0.39, 0.29) is 0 Å². The van der Waals surface area contributed by atoms with Crippen molar-refractivity contribution in [2.24, 2.45) is 0 Å². The number of nitrogens with zero attached hydrogens (tertiary/aromatic N) is 3. The fourth-order valence-corrected chi connectivity index (χ4v) is 10.0. The molecule has 0 aliphatic rings. The summed E-state index contributed by atoms with van der Waals surface area (Å²) < 4.78 is 0. The number of rotatable bonds is 7. The van der Waals surface area contributed by atoms with Gasteiger partial charge in [-0.05, 0) is 58.9 Å². The van der Waals surface area contributed by atoms with Gasteiger partial charge in [0.25, 0.3) is 0 Å². The topological polar surface area (TPSA) is 38.7 Å². The largest absolute Gasteiger partial charge is 0.247 e. The number of fused-ring (bicyclic) bond motifs is 5. The van der Waals surface area contributed by atoms with Crippen LogP contribution < -0.4 is 15.9 Å². The Kier molecular flexibility index (Phi) is 8.48. The lowest BCUT2D eigenvalue weighted by Gasteiger charge is -2.20. The van der Waals surface area contributed by atoms with Gasteiger partial charge in [-0.25, -0.2) is 15.0 Å². The minimum Gasteiger partial charge on any atom is -0.247 e. The molecule has 258 valence electrons. The van der Waals surface area contributed by atoms with Gasteiger partial charge < -0.3 is 0 Å². The van der Waals surface area contributed by atoms with E-state index in [1.807, 2.05) is 12.1 Å². The molecule has 10 aromatic rings. The molecule has 0 saturated carbocycles. The van der Waals surface area contributed by atoms with E-state index in [0.717, 1.165) is 66.4 Å². The Morgan fingerprint density at radius 2 is 0.818 bits per heavy atom. The Bertz CT molecular complexity index is 2870. The molecule has 0 N–H and O–H groups in total. The molecule has 0 atom stereocenters. The average molecular weight is 720 g/mol. The summed E-state index contributed by atoms with van der Waals surface area (Å²) in [5, 5.41) is 9.54. The summed E-state index contributed by atoms with van der Waals surface area (Å²) in [6.07, 6.45) is 0. The van der Waals surface area contributed by atoms with Crippen LogP contribution in [0.4, 0.5) is 0 Å². The Labute approximate surface area is 321 Å². The highest BCUT2D eigenvalue weighted by Crippen LogP contribution is 2.42. The zero-order valence-corrected chi connectivity index (χ0v) is 30.8. The third-order valence-electron chi connectivity index (χ3n) is 10.2. The third-order valence-corrected chi connectivity index (χ3v) is 12.6. The summed E-state index contributed by atoms with van der Waals surface area (Å²) in [5.41, 5.74) is 7.83. The van der Waals surface area contributed by atoms with E-state index >= 15 is 0 Å². The Hall–Kier alpha value is -6.80. The van der Waals surface area contributed by atoms with Gasteiger partial charge in [-0.2, -0.15) is 0 Å². The molecule has 0 bridgehead atoms. The Balaban J connectivity index is 1.25. The van der Waals surface area contributed by atoms with Crippen LogP contribution in [0.15, 0.2) is 206 Å². The second-order valence-electron chi connectivity index (χ2n) is 13.6. The van der Waals surface area contributed by atoms with E-state index < -0.39 is 7.92 Å². The van der Waals surface area contributed by atoms with E-state index in [2.05, 4.69) is 194 Å². The standard InChI is InChI=1S/C51H34N3P/c1-5-18-35(19-6-1)47-34-48(36-20-7-2-8-21-36)54-51(53-47)44-33-45-49(42-29-14-13-28-41(42)44)43-30-15-16-31-46(43)52-50(45)37-22-17-27-40(32-37)55(38-23-9-3-10-24-38)39-25-11-4-12-26-39/h1-34H. The van der Waals surface area contributed by atoms with Crippen LogP contribution in [-0.4, -0.2) is 15.0 Å². The third kappa shape index (κ3) is 6.15. The van der Waals surface area contributed by atoms with Gasteiger partial charge in [0.05, 0.1) is 22.6 Å². The fourth-order valence-electron chi connectivity index (χ4n) is 7.70. The van der Waals surface area contributed by atoms with Crippen molar-refractivity contribution in [1.82, 2.24) is 15.0 Å². The summed E-state index contributed by atoms with van der Waals surface area (Å²) in [6.45, 7) is 0. The van der Waals surface area contributed by atoms with Crippen molar-refractivity contribution < 1.29 is 0 Å². The fraction of sp³-hybridized carbons (Fsp3) is 0. The first kappa shape index (κ1) is 32.8. The van der Waals surface area contributed by atoms with Crippen molar-refractivity contribution in [2.75, 3.05) is 0 Å². The van der Waals surface area contributed by atoms with Crippen LogP contribution in [0.3, 0.4) is 0 Å². The Morgan fingerprint density at radius 1 is 0.327 bits per heavy atom. The van der Waals surface area contributed by atoms with Crippen LogP contribution in [0, 0.1) is 0 Å². The molecule has 4 heteroatoms. The molecule has 0 aliphatic heterocycles. The Morgan fingerprint density at radius 3 is 1.44 bits per heavy atom. The molecule has 0 amide bonds. The van der Waals surface area contributed by atoms with Crippen molar-refractivity contribution >= 4 is 56.3 Å². The van der Waals surface area contributed by atoms with Crippen LogP contribution >= 0.6 is 7.92 Å². The van der Waals surface area contributed by atoms with Crippen LogP contribution in [-0.2, 0) is 0 Å². The highest BCUT2D eigenvalue weighted by Gasteiger charge is 2.21. The van der Waals surface area contributed by atoms with Gasteiger partial charge in [0.1, 0.15) is 0 Å². The molecular formula is C51H34N3P. The van der Waals surface area contributed by atoms with E-state index in [4.69, 9.17) is 15.0 Å². The number of benzene rings is 8. The van der Waals surface area contributed by atoms with Crippen LogP contribution in [0.5, 0.6) is 0 Å². The predicted molar refractivity (Wildman–Crippen MR) is 233 cm³/mol. The highest BCUT2D eigenvalue weighted by molar-refractivity contribution is 7.79. The minimum atomic E-state index is -0.801. The molecule has 55 heavy (non-hydrogen) atoms. The van der Waals surface area contributed by atoms with Crippen molar-refractivity contribution in [2.45, 2.75) is 0 Å². The predicted octanol–water partition coefficient (Wildman–Crippen LogP) is 11.8. The lowest BCUT2D eigenvalue weighted by molar-refractivity contribution is 1.19. The van der Waals surface area contributed by atoms with E-state index in [1.165, 1.54) is 21.3 Å². The maximum Gasteiger partial charge on any atom is 0.161 e. The van der Waals surface area contributed by atoms with E-state index in [1.54, 1.807) is 0 Å². The lowest BCUT2D eigenvalue weighted by Crippen LogP contribution is -2.20. The SMILES string of the molecule is c1ccc(-c2cc(-c3ccccc3)nc(-c3cc4c(-c5cccc(P(c6ccccc6)c6ccccc6)c5)nc5ccccc5c4c4ccccc34)n2)cc1. The molecule has 0 unspecified atom stereocenters. The molecule has 3 nitrogen and oxygen atoms in total. The van der Waals surface area contributed by atoms with Gasteiger partial charge in [0, 0.05) is 38.4 Å². The minimum absolute atomic E-state index is 0.683. The first-order valence-corrected chi connectivity index (χ1v) is 19.9. The van der Waals surface area contributed by atoms with Gasteiger partial charge in [0.15, 0.2) is 5.82 Å². The van der Waals surface area contributed by atoms with Crippen LogP contribution in [0.2, 0.25) is 0 Å². The van der Waals surface area contributed by atoms with E-state index in [9.17, 15) is 0 Å². The molecule has 2 aromatic heterocycles. The van der Waals surface area contributed by atoms with Crippen molar-refractivity contribution in [3.63, 3.8) is 0 Å². The van der Waals surface area contributed by atoms with E-state index in [0.29, 0.717) is 5.82 Å². The van der Waals surface area contributed by atoms with Gasteiger partial charge in [0.2, 0.25) is 0 Å². The van der Waals surface area contributed by atoms with Crippen LogP contribution in [0.1, 0.15) is 0 Å². The normalized spacial score (nSPS) is 11.4. The molecule has 8 aromatic carbocycles. The van der Waals surface area contributed by atoms with Crippen molar-refractivity contribution in [1.29, 1.82) is 0 Å². The summed E-state index contributed by atoms with van der Waals surface area (Å²) in [6, 6.07) is 73.1. The van der Waals surface area contributed by atoms with Crippen molar-refractivity contribution in [3.8, 4) is 45.2 Å². The van der Waals surface area contributed by atoms with Crippen molar-refractivity contribution in [3.05, 3.63) is 206 Å². The maximum atomic E-state index is 5.46. The summed E-state index contributed by atoms with van der Waals surface area (Å²) >= 11 is 0. The summed E-state index contributed by atoms with van der Waals surface area (Å²) in [4.78, 5) is 16.1. The number of pyridine rings is 1. The average Bonchev–Trinajstić information content (AvgIpc) is 3.27. The zero-order valence-electron chi connectivity index (χ0n) is 29.9. The van der Waals surface area contributed by atoms with Gasteiger partial charge in [-0.15, -0.1) is 0 Å². The summed E-state index contributed by atoms with van der Waals surface area (Å²) in [5.74, 6) is 0.683.